The Labute approximate surface area is 108 Å². The van der Waals surface area contributed by atoms with Gasteiger partial charge in [0.2, 0.25) is 0 Å². The first kappa shape index (κ1) is 16.4. The average molecular weight is 238 g/mol. The summed E-state index contributed by atoms with van der Waals surface area (Å²) < 4.78 is 0. The molecule has 0 bridgehead atoms. The highest BCUT2D eigenvalue weighted by Gasteiger charge is 2.11. The molecule has 100 valence electrons. The van der Waals surface area contributed by atoms with Gasteiger partial charge in [-0.05, 0) is 38.9 Å². The number of hydrogen-bond donors (Lipinski definition) is 1. The van der Waals surface area contributed by atoms with E-state index in [1.54, 1.807) is 0 Å². The van der Waals surface area contributed by atoms with Crippen LogP contribution in [0.2, 0.25) is 0 Å². The van der Waals surface area contributed by atoms with E-state index in [9.17, 15) is 0 Å². The zero-order valence-corrected chi connectivity index (χ0v) is 12.3. The van der Waals surface area contributed by atoms with Crippen LogP contribution >= 0.6 is 0 Å². The summed E-state index contributed by atoms with van der Waals surface area (Å²) in [6, 6.07) is 0.497. The van der Waals surface area contributed by atoms with Gasteiger partial charge >= 0.3 is 0 Å². The second kappa shape index (κ2) is 10.5. The third-order valence-electron chi connectivity index (χ3n) is 3.02. The molecule has 0 aromatic rings. The van der Waals surface area contributed by atoms with Crippen molar-refractivity contribution in [2.24, 2.45) is 0 Å². The molecule has 0 spiro atoms. The minimum Gasteiger partial charge on any atom is -0.316 e. The maximum Gasteiger partial charge on any atom is 0.0314 e. The number of nitrogens with one attached hydrogen (secondary N) is 1. The van der Waals surface area contributed by atoms with Crippen LogP contribution in [0.3, 0.4) is 0 Å². The normalized spacial score (nSPS) is 14.8. The standard InChI is InChI=1S/C15H30N2/c1-6-9-11-15(10-7-2)14(4)17(5)13-12-16-8-3/h9-11,14,16H,6-8,12-13H2,1-5H3/b11-9-,15-10+. The third kappa shape index (κ3) is 7.35. The first-order valence-corrected chi connectivity index (χ1v) is 6.94. The molecular formula is C15H30N2. The molecule has 0 saturated heterocycles. The summed E-state index contributed by atoms with van der Waals surface area (Å²) in [5, 5.41) is 3.37. The highest BCUT2D eigenvalue weighted by atomic mass is 15.1. The Bertz CT molecular complexity index is 231. The second-order valence-electron chi connectivity index (χ2n) is 4.43. The van der Waals surface area contributed by atoms with Crippen molar-refractivity contribution in [2.75, 3.05) is 26.7 Å². The molecule has 0 heterocycles. The van der Waals surface area contributed by atoms with Crippen LogP contribution in [0.5, 0.6) is 0 Å². The van der Waals surface area contributed by atoms with E-state index in [0.29, 0.717) is 6.04 Å². The molecule has 0 saturated carbocycles. The summed E-state index contributed by atoms with van der Waals surface area (Å²) in [6.07, 6.45) is 9.07. The van der Waals surface area contributed by atoms with Gasteiger partial charge in [-0.3, -0.25) is 4.90 Å². The van der Waals surface area contributed by atoms with Gasteiger partial charge in [-0.25, -0.2) is 0 Å². The van der Waals surface area contributed by atoms with Crippen molar-refractivity contribution in [3.05, 3.63) is 23.8 Å². The van der Waals surface area contributed by atoms with E-state index in [2.05, 4.69) is 63.2 Å². The van der Waals surface area contributed by atoms with Gasteiger partial charge in [-0.15, -0.1) is 0 Å². The van der Waals surface area contributed by atoms with Crippen LogP contribution in [-0.2, 0) is 0 Å². The smallest absolute Gasteiger partial charge is 0.0314 e. The first-order chi connectivity index (χ1) is 8.17. The van der Waals surface area contributed by atoms with E-state index in [-0.39, 0.29) is 0 Å². The van der Waals surface area contributed by atoms with Crippen LogP contribution in [0, 0.1) is 0 Å². The molecule has 1 unspecified atom stereocenters. The summed E-state index contributed by atoms with van der Waals surface area (Å²) in [5.41, 5.74) is 1.44. The fourth-order valence-corrected chi connectivity index (χ4v) is 1.75. The van der Waals surface area contributed by atoms with Crippen molar-refractivity contribution >= 4 is 0 Å². The molecular weight excluding hydrogens is 208 g/mol. The van der Waals surface area contributed by atoms with Crippen molar-refractivity contribution < 1.29 is 0 Å². The predicted octanol–water partition coefficient (Wildman–Crippen LogP) is 3.22. The molecule has 2 heteroatoms. The summed E-state index contributed by atoms with van der Waals surface area (Å²) >= 11 is 0. The Hall–Kier alpha value is -0.600. The largest absolute Gasteiger partial charge is 0.316 e. The lowest BCUT2D eigenvalue weighted by atomic mass is 10.1. The third-order valence-corrected chi connectivity index (χ3v) is 3.02. The summed E-state index contributed by atoms with van der Waals surface area (Å²) in [4.78, 5) is 2.41. The number of rotatable bonds is 9. The van der Waals surface area contributed by atoms with Crippen molar-refractivity contribution in [3.8, 4) is 0 Å². The lowest BCUT2D eigenvalue weighted by molar-refractivity contribution is 0.289. The fraction of sp³-hybridized carbons (Fsp3) is 0.733. The van der Waals surface area contributed by atoms with Gasteiger partial charge in [0.05, 0.1) is 0 Å². The fourth-order valence-electron chi connectivity index (χ4n) is 1.75. The summed E-state index contributed by atoms with van der Waals surface area (Å²) in [6.45, 7) is 12.0. The van der Waals surface area contributed by atoms with Crippen LogP contribution in [0.15, 0.2) is 23.8 Å². The Balaban J connectivity index is 4.34. The van der Waals surface area contributed by atoms with E-state index < -0.39 is 0 Å². The molecule has 0 fully saturated rings. The predicted molar refractivity (Wildman–Crippen MR) is 78.4 cm³/mol. The van der Waals surface area contributed by atoms with Crippen molar-refractivity contribution in [2.45, 2.75) is 46.6 Å². The molecule has 0 amide bonds. The van der Waals surface area contributed by atoms with Crippen LogP contribution in [0.4, 0.5) is 0 Å². The Morgan fingerprint density at radius 2 is 1.94 bits per heavy atom. The lowest BCUT2D eigenvalue weighted by Gasteiger charge is -2.26. The van der Waals surface area contributed by atoms with Crippen molar-refractivity contribution in [1.82, 2.24) is 10.2 Å². The van der Waals surface area contributed by atoms with Gasteiger partial charge in [0.1, 0.15) is 0 Å². The molecule has 0 aliphatic heterocycles. The molecule has 0 aromatic carbocycles. The maximum atomic E-state index is 3.37. The van der Waals surface area contributed by atoms with Gasteiger partial charge in [0.25, 0.3) is 0 Å². The number of hydrogen-bond acceptors (Lipinski definition) is 2. The molecule has 1 N–H and O–H groups in total. The van der Waals surface area contributed by atoms with Gasteiger partial charge in [-0.1, -0.05) is 39.0 Å². The second-order valence-corrected chi connectivity index (χ2v) is 4.43. The quantitative estimate of drug-likeness (QED) is 0.490. The minimum atomic E-state index is 0.497. The zero-order chi connectivity index (χ0) is 13.1. The Morgan fingerprint density at radius 3 is 2.47 bits per heavy atom. The zero-order valence-electron chi connectivity index (χ0n) is 12.3. The SMILES string of the molecule is CC/C=C\C(=C/CC)C(C)N(C)CCNCC. The van der Waals surface area contributed by atoms with E-state index in [4.69, 9.17) is 0 Å². The van der Waals surface area contributed by atoms with E-state index in [1.165, 1.54) is 5.57 Å². The molecule has 0 aliphatic rings. The number of nitrogens with zero attached hydrogens (tertiary/aromatic N) is 1. The Morgan fingerprint density at radius 1 is 1.24 bits per heavy atom. The number of likely N-dealkylation sites (N-methyl/N-ethyl adjacent to an activating group) is 2. The van der Waals surface area contributed by atoms with Crippen molar-refractivity contribution in [3.63, 3.8) is 0 Å². The van der Waals surface area contributed by atoms with Gasteiger partial charge in [0, 0.05) is 19.1 Å². The van der Waals surface area contributed by atoms with Crippen LogP contribution < -0.4 is 5.32 Å². The molecule has 1 atom stereocenters. The Kier molecular flexibility index (Phi) is 10.2. The summed E-state index contributed by atoms with van der Waals surface area (Å²) in [5.74, 6) is 0. The van der Waals surface area contributed by atoms with Gasteiger partial charge in [0.15, 0.2) is 0 Å². The topological polar surface area (TPSA) is 15.3 Å². The van der Waals surface area contributed by atoms with Gasteiger partial charge in [-0.2, -0.15) is 0 Å². The first-order valence-electron chi connectivity index (χ1n) is 6.94. The molecule has 0 aliphatic carbocycles. The maximum absolute atomic E-state index is 3.37. The van der Waals surface area contributed by atoms with Crippen LogP contribution in [0.1, 0.15) is 40.5 Å². The van der Waals surface area contributed by atoms with E-state index in [0.717, 1.165) is 32.5 Å². The van der Waals surface area contributed by atoms with Crippen molar-refractivity contribution in [1.29, 1.82) is 0 Å². The lowest BCUT2D eigenvalue weighted by Crippen LogP contribution is -2.36. The minimum absolute atomic E-state index is 0.497. The molecule has 0 rings (SSSR count). The molecule has 17 heavy (non-hydrogen) atoms. The van der Waals surface area contributed by atoms with Crippen LogP contribution in [0.25, 0.3) is 0 Å². The highest BCUT2D eigenvalue weighted by Crippen LogP contribution is 2.11. The molecule has 2 nitrogen and oxygen atoms in total. The van der Waals surface area contributed by atoms with Crippen LogP contribution in [-0.4, -0.2) is 37.6 Å². The number of allylic oxidation sites excluding steroid dienone is 2. The highest BCUT2D eigenvalue weighted by molar-refractivity contribution is 5.23. The summed E-state index contributed by atoms with van der Waals surface area (Å²) in [7, 11) is 2.20. The van der Waals surface area contributed by atoms with E-state index in [1.807, 2.05) is 0 Å². The molecule has 0 aromatic heterocycles. The van der Waals surface area contributed by atoms with E-state index >= 15 is 0 Å². The van der Waals surface area contributed by atoms with Gasteiger partial charge < -0.3 is 5.32 Å². The molecule has 0 radical (unpaired) electrons. The average Bonchev–Trinajstić information content (AvgIpc) is 2.33. The monoisotopic (exact) mass is 238 g/mol.